The summed E-state index contributed by atoms with van der Waals surface area (Å²) in [6.07, 6.45) is 0. The number of nitrogens with zero attached hydrogens (tertiary/aromatic N) is 1. The maximum atomic E-state index is 12.3. The topological polar surface area (TPSA) is 75.7 Å². The predicted octanol–water partition coefficient (Wildman–Crippen LogP) is 3.43. The lowest BCUT2D eigenvalue weighted by Gasteiger charge is -2.18. The minimum absolute atomic E-state index is 0.0168. The van der Waals surface area contributed by atoms with E-state index in [1.54, 1.807) is 31.2 Å². The molecule has 3 aromatic rings. The summed E-state index contributed by atoms with van der Waals surface area (Å²) in [6, 6.07) is 20.4. The fourth-order valence-electron chi connectivity index (χ4n) is 2.87. The summed E-state index contributed by atoms with van der Waals surface area (Å²) in [5.41, 5.74) is 0.977. The van der Waals surface area contributed by atoms with Gasteiger partial charge in [-0.2, -0.15) is 0 Å². The number of hydrogen-bond donors (Lipinski definition) is 1. The highest BCUT2D eigenvalue weighted by atomic mass is 32.2. The fraction of sp³-hybridized carbons (Fsp3) is 0.227. The molecule has 0 bridgehead atoms. The van der Waals surface area contributed by atoms with Crippen molar-refractivity contribution in [2.75, 3.05) is 30.3 Å². The standard InChI is InChI=1S/C22H24N2O4S/c1-3-29(26,27)24(2)20-11-8-18(9-12-20)22(25)23-14-15-28-21-13-10-17-6-4-5-7-19(17)16-21/h4-13,16H,3,14-15H2,1-2H3,(H,23,25). The van der Waals surface area contributed by atoms with E-state index in [0.717, 1.165) is 16.5 Å². The second kappa shape index (κ2) is 8.96. The SMILES string of the molecule is CCS(=O)(=O)N(C)c1ccc(C(=O)NCCOc2ccc3ccccc3c2)cc1. The van der Waals surface area contributed by atoms with E-state index in [2.05, 4.69) is 5.32 Å². The molecule has 1 N–H and O–H groups in total. The van der Waals surface area contributed by atoms with Gasteiger partial charge in [0, 0.05) is 12.6 Å². The van der Waals surface area contributed by atoms with Crippen LogP contribution in [0.4, 0.5) is 5.69 Å². The zero-order chi connectivity index (χ0) is 20.9. The lowest BCUT2D eigenvalue weighted by atomic mass is 10.1. The van der Waals surface area contributed by atoms with Crippen molar-refractivity contribution in [1.82, 2.24) is 5.32 Å². The molecule has 0 aliphatic heterocycles. The molecule has 0 atom stereocenters. The van der Waals surface area contributed by atoms with Crippen molar-refractivity contribution in [2.24, 2.45) is 0 Å². The van der Waals surface area contributed by atoms with Crippen LogP contribution in [0, 0.1) is 0 Å². The summed E-state index contributed by atoms with van der Waals surface area (Å²) < 4.78 is 30.8. The number of ether oxygens (including phenoxy) is 1. The Morgan fingerprint density at radius 1 is 1.00 bits per heavy atom. The molecule has 0 heterocycles. The van der Waals surface area contributed by atoms with E-state index in [9.17, 15) is 13.2 Å². The first kappa shape index (κ1) is 20.7. The van der Waals surface area contributed by atoms with Gasteiger partial charge < -0.3 is 10.1 Å². The van der Waals surface area contributed by atoms with Crippen molar-refractivity contribution in [1.29, 1.82) is 0 Å². The summed E-state index contributed by atoms with van der Waals surface area (Å²) in [6.45, 7) is 2.30. The van der Waals surface area contributed by atoms with Crippen LogP contribution in [0.25, 0.3) is 10.8 Å². The molecule has 0 saturated carbocycles. The van der Waals surface area contributed by atoms with Crippen LogP contribution in [0.1, 0.15) is 17.3 Å². The molecule has 6 nitrogen and oxygen atoms in total. The number of carbonyl (C=O) groups is 1. The van der Waals surface area contributed by atoms with Crippen LogP contribution in [0.5, 0.6) is 5.75 Å². The number of fused-ring (bicyclic) bond motifs is 1. The summed E-state index contributed by atoms with van der Waals surface area (Å²) in [5.74, 6) is 0.533. The highest BCUT2D eigenvalue weighted by molar-refractivity contribution is 7.92. The number of hydrogen-bond acceptors (Lipinski definition) is 4. The van der Waals surface area contributed by atoms with Crippen molar-refractivity contribution in [3.05, 3.63) is 72.3 Å². The molecule has 29 heavy (non-hydrogen) atoms. The lowest BCUT2D eigenvalue weighted by molar-refractivity contribution is 0.0947. The first-order valence-corrected chi connectivity index (χ1v) is 11.0. The Bertz CT molecular complexity index is 1100. The van der Waals surface area contributed by atoms with Gasteiger partial charge in [0.1, 0.15) is 12.4 Å². The number of sulfonamides is 1. The van der Waals surface area contributed by atoms with Crippen molar-refractivity contribution < 1.29 is 17.9 Å². The molecule has 0 saturated heterocycles. The van der Waals surface area contributed by atoms with Gasteiger partial charge in [0.05, 0.1) is 18.0 Å². The molecule has 0 aromatic heterocycles. The highest BCUT2D eigenvalue weighted by Crippen LogP contribution is 2.20. The van der Waals surface area contributed by atoms with Gasteiger partial charge in [-0.1, -0.05) is 30.3 Å². The van der Waals surface area contributed by atoms with Gasteiger partial charge in [0.15, 0.2) is 0 Å². The molecule has 0 radical (unpaired) electrons. The zero-order valence-corrected chi connectivity index (χ0v) is 17.3. The summed E-state index contributed by atoms with van der Waals surface area (Å²) in [5, 5.41) is 5.05. The molecule has 0 spiro atoms. The second-order valence-electron chi connectivity index (χ2n) is 6.53. The molecule has 0 aliphatic carbocycles. The van der Waals surface area contributed by atoms with Gasteiger partial charge in [-0.3, -0.25) is 9.10 Å². The van der Waals surface area contributed by atoms with Crippen LogP contribution >= 0.6 is 0 Å². The summed E-state index contributed by atoms with van der Waals surface area (Å²) in [7, 11) is -1.83. The maximum absolute atomic E-state index is 12.3. The molecular formula is C22H24N2O4S. The van der Waals surface area contributed by atoms with Crippen molar-refractivity contribution in [3.63, 3.8) is 0 Å². The van der Waals surface area contributed by atoms with Crippen LogP contribution in [0.15, 0.2) is 66.7 Å². The first-order chi connectivity index (χ1) is 13.9. The second-order valence-corrected chi connectivity index (χ2v) is 8.82. The number of benzene rings is 3. The molecule has 0 unspecified atom stereocenters. The Labute approximate surface area is 171 Å². The minimum atomic E-state index is -3.33. The first-order valence-electron chi connectivity index (χ1n) is 9.37. The predicted molar refractivity (Wildman–Crippen MR) is 116 cm³/mol. The van der Waals surface area contributed by atoms with Gasteiger partial charge in [0.25, 0.3) is 5.91 Å². The average Bonchev–Trinajstić information content (AvgIpc) is 2.76. The van der Waals surface area contributed by atoms with Crippen molar-refractivity contribution in [2.45, 2.75) is 6.92 Å². The Morgan fingerprint density at radius 2 is 1.69 bits per heavy atom. The number of nitrogens with one attached hydrogen (secondary N) is 1. The zero-order valence-electron chi connectivity index (χ0n) is 16.5. The summed E-state index contributed by atoms with van der Waals surface area (Å²) in [4.78, 5) is 12.3. The molecule has 0 aliphatic rings. The Balaban J connectivity index is 1.51. The van der Waals surface area contributed by atoms with Gasteiger partial charge in [-0.15, -0.1) is 0 Å². The van der Waals surface area contributed by atoms with Crippen molar-refractivity contribution in [3.8, 4) is 5.75 Å². The van der Waals surface area contributed by atoms with Gasteiger partial charge >= 0.3 is 0 Å². The highest BCUT2D eigenvalue weighted by Gasteiger charge is 2.16. The van der Waals surface area contributed by atoms with Crippen LogP contribution < -0.4 is 14.4 Å². The van der Waals surface area contributed by atoms with Gasteiger partial charge in [-0.25, -0.2) is 8.42 Å². The molecule has 3 aromatic carbocycles. The maximum Gasteiger partial charge on any atom is 0.251 e. The number of anilines is 1. The quantitative estimate of drug-likeness (QED) is 0.575. The number of amides is 1. The van der Waals surface area contributed by atoms with E-state index < -0.39 is 10.0 Å². The summed E-state index contributed by atoms with van der Waals surface area (Å²) >= 11 is 0. The third-order valence-corrected chi connectivity index (χ3v) is 6.43. The normalized spacial score (nSPS) is 11.2. The average molecular weight is 413 g/mol. The van der Waals surface area contributed by atoms with E-state index in [1.165, 1.54) is 11.4 Å². The van der Waals surface area contributed by atoms with E-state index in [4.69, 9.17) is 4.74 Å². The molecule has 3 rings (SSSR count). The molecular weight excluding hydrogens is 388 g/mol. The van der Waals surface area contributed by atoms with Crippen LogP contribution in [0.2, 0.25) is 0 Å². The van der Waals surface area contributed by atoms with Gasteiger partial charge in [-0.05, 0) is 54.1 Å². The van der Waals surface area contributed by atoms with Crippen molar-refractivity contribution >= 4 is 32.4 Å². The van der Waals surface area contributed by atoms with Gasteiger partial charge in [0.2, 0.25) is 10.0 Å². The van der Waals surface area contributed by atoms with E-state index in [0.29, 0.717) is 24.4 Å². The Morgan fingerprint density at radius 3 is 2.38 bits per heavy atom. The Kier molecular flexibility index (Phi) is 6.39. The lowest BCUT2D eigenvalue weighted by Crippen LogP contribution is -2.29. The van der Waals surface area contributed by atoms with Crippen LogP contribution in [0.3, 0.4) is 0 Å². The minimum Gasteiger partial charge on any atom is -0.492 e. The molecule has 7 heteroatoms. The molecule has 0 fully saturated rings. The van der Waals surface area contributed by atoms with E-state index >= 15 is 0 Å². The molecule has 1 amide bonds. The van der Waals surface area contributed by atoms with E-state index in [-0.39, 0.29) is 11.7 Å². The Hall–Kier alpha value is -3.06. The monoisotopic (exact) mass is 412 g/mol. The smallest absolute Gasteiger partial charge is 0.251 e. The number of carbonyl (C=O) groups excluding carboxylic acids is 1. The van der Waals surface area contributed by atoms with Crippen LogP contribution in [-0.4, -0.2) is 40.3 Å². The third kappa shape index (κ3) is 5.06. The third-order valence-electron chi connectivity index (χ3n) is 4.65. The van der Waals surface area contributed by atoms with Crippen LogP contribution in [-0.2, 0) is 10.0 Å². The van der Waals surface area contributed by atoms with E-state index in [1.807, 2.05) is 42.5 Å². The number of rotatable bonds is 8. The largest absolute Gasteiger partial charge is 0.492 e. The fourth-order valence-corrected chi connectivity index (χ4v) is 3.70. The molecule has 152 valence electrons.